The van der Waals surface area contributed by atoms with Crippen molar-refractivity contribution in [3.63, 3.8) is 0 Å². The molecule has 0 amide bonds. The number of esters is 1. The summed E-state index contributed by atoms with van der Waals surface area (Å²) in [4.78, 5) is 10.7. The predicted molar refractivity (Wildman–Crippen MR) is 56.1 cm³/mol. The molecule has 1 rings (SSSR count). The van der Waals surface area contributed by atoms with Gasteiger partial charge in [-0.2, -0.15) is 0 Å². The van der Waals surface area contributed by atoms with Gasteiger partial charge >= 0.3 is 5.97 Å². The van der Waals surface area contributed by atoms with Crippen LogP contribution in [0.3, 0.4) is 0 Å². The SMILES string of the molecule is CC(=O)OCc1ccc(C)c(C)c1C. The summed E-state index contributed by atoms with van der Waals surface area (Å²) in [7, 11) is 0. The highest BCUT2D eigenvalue weighted by Gasteiger charge is 2.04. The third kappa shape index (κ3) is 2.34. The molecule has 0 N–H and O–H groups in total. The molecule has 0 aliphatic rings. The first-order valence-corrected chi connectivity index (χ1v) is 4.71. The minimum Gasteiger partial charge on any atom is -0.461 e. The van der Waals surface area contributed by atoms with Gasteiger partial charge in [-0.3, -0.25) is 4.79 Å². The van der Waals surface area contributed by atoms with E-state index in [0.717, 1.165) is 5.56 Å². The molecular weight excluding hydrogens is 176 g/mol. The van der Waals surface area contributed by atoms with Crippen LogP contribution in [0.1, 0.15) is 29.2 Å². The van der Waals surface area contributed by atoms with Crippen LogP contribution >= 0.6 is 0 Å². The number of aryl methyl sites for hydroxylation is 1. The van der Waals surface area contributed by atoms with Crippen molar-refractivity contribution in [2.45, 2.75) is 34.3 Å². The van der Waals surface area contributed by atoms with E-state index >= 15 is 0 Å². The van der Waals surface area contributed by atoms with Crippen molar-refractivity contribution in [3.8, 4) is 0 Å². The molecule has 2 heteroatoms. The summed E-state index contributed by atoms with van der Waals surface area (Å²) < 4.78 is 4.96. The van der Waals surface area contributed by atoms with E-state index in [1.165, 1.54) is 23.6 Å². The number of carbonyl (C=O) groups excluding carboxylic acids is 1. The molecule has 0 fully saturated rings. The molecular formula is C12H16O2. The van der Waals surface area contributed by atoms with Gasteiger partial charge in [0.1, 0.15) is 6.61 Å². The lowest BCUT2D eigenvalue weighted by atomic mass is 9.99. The van der Waals surface area contributed by atoms with Gasteiger partial charge in [-0.05, 0) is 43.0 Å². The van der Waals surface area contributed by atoms with Gasteiger partial charge in [0, 0.05) is 6.92 Å². The van der Waals surface area contributed by atoms with E-state index in [1.54, 1.807) is 0 Å². The van der Waals surface area contributed by atoms with Crippen LogP contribution in [0.2, 0.25) is 0 Å². The maximum Gasteiger partial charge on any atom is 0.302 e. The van der Waals surface area contributed by atoms with Gasteiger partial charge < -0.3 is 4.74 Å². The number of rotatable bonds is 2. The van der Waals surface area contributed by atoms with Gasteiger partial charge in [0.2, 0.25) is 0 Å². The van der Waals surface area contributed by atoms with Crippen LogP contribution in [0.5, 0.6) is 0 Å². The maximum absolute atomic E-state index is 10.7. The fourth-order valence-corrected chi connectivity index (χ4v) is 1.35. The van der Waals surface area contributed by atoms with Crippen LogP contribution in [-0.4, -0.2) is 5.97 Å². The Bertz CT molecular complexity index is 354. The Labute approximate surface area is 84.9 Å². The summed E-state index contributed by atoms with van der Waals surface area (Å²) in [6, 6.07) is 4.07. The zero-order chi connectivity index (χ0) is 10.7. The van der Waals surface area contributed by atoms with E-state index in [4.69, 9.17) is 4.74 Å². The van der Waals surface area contributed by atoms with E-state index < -0.39 is 0 Å². The third-order valence-electron chi connectivity index (χ3n) is 2.60. The molecule has 0 aliphatic carbocycles. The zero-order valence-electron chi connectivity index (χ0n) is 9.18. The van der Waals surface area contributed by atoms with Crippen LogP contribution in [0.25, 0.3) is 0 Å². The van der Waals surface area contributed by atoms with Crippen molar-refractivity contribution < 1.29 is 9.53 Å². The second-order valence-corrected chi connectivity index (χ2v) is 3.57. The quantitative estimate of drug-likeness (QED) is 0.673. The highest BCUT2D eigenvalue weighted by molar-refractivity contribution is 5.66. The van der Waals surface area contributed by atoms with Gasteiger partial charge in [-0.25, -0.2) is 0 Å². The molecule has 0 spiro atoms. The standard InChI is InChI=1S/C12H16O2/c1-8-5-6-12(7-14-11(4)13)10(3)9(8)2/h5-6H,7H2,1-4H3. The van der Waals surface area contributed by atoms with Crippen molar-refractivity contribution >= 4 is 5.97 Å². The Morgan fingerprint density at radius 3 is 2.43 bits per heavy atom. The van der Waals surface area contributed by atoms with Crippen LogP contribution in [0, 0.1) is 20.8 Å². The molecule has 0 aliphatic heterocycles. The van der Waals surface area contributed by atoms with E-state index in [-0.39, 0.29) is 5.97 Å². The smallest absolute Gasteiger partial charge is 0.302 e. The van der Waals surface area contributed by atoms with Gasteiger partial charge in [-0.1, -0.05) is 12.1 Å². The van der Waals surface area contributed by atoms with Crippen LogP contribution in [-0.2, 0) is 16.1 Å². The van der Waals surface area contributed by atoms with E-state index in [9.17, 15) is 4.79 Å². The van der Waals surface area contributed by atoms with Crippen LogP contribution in [0.15, 0.2) is 12.1 Å². The Hall–Kier alpha value is -1.31. The third-order valence-corrected chi connectivity index (χ3v) is 2.60. The number of benzene rings is 1. The highest BCUT2D eigenvalue weighted by atomic mass is 16.5. The summed E-state index contributed by atoms with van der Waals surface area (Å²) in [6.45, 7) is 8.03. The van der Waals surface area contributed by atoms with Crippen LogP contribution < -0.4 is 0 Å². The lowest BCUT2D eigenvalue weighted by Gasteiger charge is -2.10. The van der Waals surface area contributed by atoms with Crippen molar-refractivity contribution in [1.29, 1.82) is 0 Å². The number of hydrogen-bond donors (Lipinski definition) is 0. The molecule has 2 nitrogen and oxygen atoms in total. The monoisotopic (exact) mass is 192 g/mol. The van der Waals surface area contributed by atoms with Gasteiger partial charge in [0.25, 0.3) is 0 Å². The lowest BCUT2D eigenvalue weighted by molar-refractivity contribution is -0.142. The zero-order valence-corrected chi connectivity index (χ0v) is 9.18. The van der Waals surface area contributed by atoms with Crippen molar-refractivity contribution in [1.82, 2.24) is 0 Å². The Balaban J connectivity index is 2.88. The summed E-state index contributed by atoms with van der Waals surface area (Å²) in [5.74, 6) is -0.234. The summed E-state index contributed by atoms with van der Waals surface area (Å²) in [5, 5.41) is 0. The molecule has 0 radical (unpaired) electrons. The molecule has 0 bridgehead atoms. The van der Waals surface area contributed by atoms with E-state index in [0.29, 0.717) is 6.61 Å². The number of ether oxygens (including phenoxy) is 1. The summed E-state index contributed by atoms with van der Waals surface area (Å²) in [5.41, 5.74) is 4.85. The summed E-state index contributed by atoms with van der Waals surface area (Å²) >= 11 is 0. The fraction of sp³-hybridized carbons (Fsp3) is 0.417. The second-order valence-electron chi connectivity index (χ2n) is 3.57. The maximum atomic E-state index is 10.7. The molecule has 1 aromatic carbocycles. The Kier molecular flexibility index (Phi) is 3.28. The van der Waals surface area contributed by atoms with Crippen molar-refractivity contribution in [3.05, 3.63) is 34.4 Å². The molecule has 0 heterocycles. The molecule has 14 heavy (non-hydrogen) atoms. The molecule has 1 aromatic rings. The first kappa shape index (κ1) is 10.8. The number of hydrogen-bond acceptors (Lipinski definition) is 2. The van der Waals surface area contributed by atoms with Crippen molar-refractivity contribution in [2.24, 2.45) is 0 Å². The highest BCUT2D eigenvalue weighted by Crippen LogP contribution is 2.17. The van der Waals surface area contributed by atoms with E-state index in [1.807, 2.05) is 6.07 Å². The Morgan fingerprint density at radius 1 is 1.21 bits per heavy atom. The number of carbonyl (C=O) groups is 1. The average Bonchev–Trinajstić information content (AvgIpc) is 2.13. The fourth-order valence-electron chi connectivity index (χ4n) is 1.35. The van der Waals surface area contributed by atoms with Gasteiger partial charge in [0.15, 0.2) is 0 Å². The van der Waals surface area contributed by atoms with Gasteiger partial charge in [0.05, 0.1) is 0 Å². The predicted octanol–water partition coefficient (Wildman–Crippen LogP) is 2.67. The van der Waals surface area contributed by atoms with Crippen molar-refractivity contribution in [2.75, 3.05) is 0 Å². The first-order valence-electron chi connectivity index (χ1n) is 4.71. The molecule has 0 saturated heterocycles. The second kappa shape index (κ2) is 4.27. The molecule has 0 saturated carbocycles. The molecule has 0 aromatic heterocycles. The molecule has 0 atom stereocenters. The largest absolute Gasteiger partial charge is 0.461 e. The Morgan fingerprint density at radius 2 is 1.86 bits per heavy atom. The average molecular weight is 192 g/mol. The van der Waals surface area contributed by atoms with E-state index in [2.05, 4.69) is 26.8 Å². The summed E-state index contributed by atoms with van der Waals surface area (Å²) in [6.07, 6.45) is 0. The normalized spacial score (nSPS) is 10.0. The molecule has 0 unspecified atom stereocenters. The lowest BCUT2D eigenvalue weighted by Crippen LogP contribution is -2.02. The minimum absolute atomic E-state index is 0.234. The van der Waals surface area contributed by atoms with Crippen LogP contribution in [0.4, 0.5) is 0 Å². The molecule has 76 valence electrons. The minimum atomic E-state index is -0.234. The topological polar surface area (TPSA) is 26.3 Å². The first-order chi connectivity index (χ1) is 6.52. The van der Waals surface area contributed by atoms with Gasteiger partial charge in [-0.15, -0.1) is 0 Å².